The molecule has 0 aromatic carbocycles. The number of carboxylic acid groups (broad SMARTS) is 1. The van der Waals surface area contributed by atoms with Gasteiger partial charge >= 0.3 is 12.0 Å². The minimum Gasteiger partial charge on any atom is -0.481 e. The monoisotopic (exact) mass is 303 g/mol. The van der Waals surface area contributed by atoms with Crippen LogP contribution in [0.5, 0.6) is 0 Å². The Morgan fingerprint density at radius 2 is 2.23 bits per heavy atom. The van der Waals surface area contributed by atoms with Gasteiger partial charge in [-0.15, -0.1) is 0 Å². The maximum atomic E-state index is 12.3. The highest BCUT2D eigenvalue weighted by Crippen LogP contribution is 2.18. The van der Waals surface area contributed by atoms with Gasteiger partial charge in [0, 0.05) is 13.1 Å². The molecule has 1 aliphatic rings. The molecule has 2 aromatic rings. The molecule has 1 atom stereocenters. The van der Waals surface area contributed by atoms with Crippen molar-refractivity contribution in [2.75, 3.05) is 18.4 Å². The predicted molar refractivity (Wildman–Crippen MR) is 78.7 cm³/mol. The summed E-state index contributed by atoms with van der Waals surface area (Å²) < 4.78 is 1.60. The predicted octanol–water partition coefficient (Wildman–Crippen LogP) is 1.37. The molecular weight excluding hydrogens is 286 g/mol. The van der Waals surface area contributed by atoms with E-state index in [9.17, 15) is 9.59 Å². The highest BCUT2D eigenvalue weighted by molar-refractivity contribution is 5.89. The molecule has 0 aliphatic carbocycles. The zero-order valence-corrected chi connectivity index (χ0v) is 12.2. The number of urea groups is 1. The lowest BCUT2D eigenvalue weighted by atomic mass is 9.99. The number of fused-ring (bicyclic) bond motifs is 1. The van der Waals surface area contributed by atoms with Gasteiger partial charge in [0.2, 0.25) is 0 Å². The number of carbonyl (C=O) groups excluding carboxylic acids is 1. The van der Waals surface area contributed by atoms with Crippen LogP contribution in [0.4, 0.5) is 10.5 Å². The quantitative estimate of drug-likeness (QED) is 0.872. The Labute approximate surface area is 126 Å². The van der Waals surface area contributed by atoms with Crippen LogP contribution in [0.3, 0.4) is 0 Å². The second kappa shape index (κ2) is 5.63. The lowest BCUT2D eigenvalue weighted by Crippen LogP contribution is -2.44. The molecule has 116 valence electrons. The number of nitrogens with zero attached hydrogens (tertiary/aromatic N) is 4. The Morgan fingerprint density at radius 1 is 1.41 bits per heavy atom. The molecule has 1 saturated heterocycles. The van der Waals surface area contributed by atoms with Crippen LogP contribution in [0.1, 0.15) is 18.7 Å². The molecule has 2 amide bonds. The highest BCUT2D eigenvalue weighted by atomic mass is 16.4. The lowest BCUT2D eigenvalue weighted by Gasteiger charge is -2.30. The van der Waals surface area contributed by atoms with Crippen LogP contribution in [0.25, 0.3) is 5.65 Å². The minimum atomic E-state index is -0.850. The summed E-state index contributed by atoms with van der Waals surface area (Å²) in [5.41, 5.74) is 1.30. The molecule has 22 heavy (non-hydrogen) atoms. The molecule has 0 bridgehead atoms. The molecule has 3 rings (SSSR count). The van der Waals surface area contributed by atoms with E-state index < -0.39 is 11.9 Å². The van der Waals surface area contributed by atoms with Crippen LogP contribution in [-0.4, -0.2) is 49.7 Å². The molecule has 2 aromatic heterocycles. The second-order valence-electron chi connectivity index (χ2n) is 5.43. The van der Waals surface area contributed by atoms with Crippen LogP contribution in [0.2, 0.25) is 0 Å². The van der Waals surface area contributed by atoms with Crippen LogP contribution in [0, 0.1) is 12.8 Å². The molecule has 1 unspecified atom stereocenters. The first-order valence-electron chi connectivity index (χ1n) is 7.15. The van der Waals surface area contributed by atoms with Gasteiger partial charge in [-0.3, -0.25) is 4.79 Å². The molecule has 8 nitrogen and oxygen atoms in total. The van der Waals surface area contributed by atoms with E-state index in [1.165, 1.54) is 0 Å². The van der Waals surface area contributed by atoms with Crippen LogP contribution in [-0.2, 0) is 4.79 Å². The Kier molecular flexibility index (Phi) is 3.66. The number of aliphatic carboxylic acids is 1. The average Bonchev–Trinajstić information content (AvgIpc) is 2.86. The lowest BCUT2D eigenvalue weighted by molar-refractivity contribution is -0.143. The van der Waals surface area contributed by atoms with Crippen molar-refractivity contribution in [3.05, 3.63) is 24.2 Å². The largest absolute Gasteiger partial charge is 0.481 e. The van der Waals surface area contributed by atoms with Crippen LogP contribution >= 0.6 is 0 Å². The third-order valence-electron chi connectivity index (χ3n) is 3.75. The number of likely N-dealkylation sites (tertiary alicyclic amines) is 1. The number of hydrogen-bond donors (Lipinski definition) is 2. The Morgan fingerprint density at radius 3 is 3.00 bits per heavy atom. The molecule has 0 spiro atoms. The van der Waals surface area contributed by atoms with Crippen molar-refractivity contribution in [2.24, 2.45) is 5.92 Å². The fourth-order valence-electron chi connectivity index (χ4n) is 2.63. The summed E-state index contributed by atoms with van der Waals surface area (Å²) in [4.78, 5) is 29.1. The molecule has 0 saturated carbocycles. The molecule has 1 aliphatic heterocycles. The summed E-state index contributed by atoms with van der Waals surface area (Å²) in [6, 6.07) is 3.23. The van der Waals surface area contributed by atoms with Crippen molar-refractivity contribution in [3.63, 3.8) is 0 Å². The number of piperidine rings is 1. The normalized spacial score (nSPS) is 18.4. The number of carbonyl (C=O) groups is 2. The van der Waals surface area contributed by atoms with E-state index in [1.54, 1.807) is 34.7 Å². The molecule has 3 heterocycles. The van der Waals surface area contributed by atoms with Crippen molar-refractivity contribution in [2.45, 2.75) is 19.8 Å². The van der Waals surface area contributed by atoms with E-state index in [0.717, 1.165) is 0 Å². The van der Waals surface area contributed by atoms with Crippen molar-refractivity contribution in [1.29, 1.82) is 0 Å². The number of rotatable bonds is 2. The fraction of sp³-hybridized carbons (Fsp3) is 0.429. The zero-order chi connectivity index (χ0) is 15.7. The van der Waals surface area contributed by atoms with E-state index >= 15 is 0 Å². The Bertz CT molecular complexity index is 726. The Balaban J connectivity index is 1.70. The molecule has 2 N–H and O–H groups in total. The molecule has 0 radical (unpaired) electrons. The molecule has 1 fully saturated rings. The third kappa shape index (κ3) is 2.85. The number of aryl methyl sites for hydroxylation is 1. The maximum absolute atomic E-state index is 12.3. The number of carboxylic acids is 1. The van der Waals surface area contributed by atoms with Gasteiger partial charge in [-0.25, -0.2) is 14.3 Å². The summed E-state index contributed by atoms with van der Waals surface area (Å²) in [6.07, 6.45) is 3.00. The van der Waals surface area contributed by atoms with Gasteiger partial charge < -0.3 is 15.3 Å². The summed E-state index contributed by atoms with van der Waals surface area (Å²) in [5, 5.41) is 16.0. The summed E-state index contributed by atoms with van der Waals surface area (Å²) in [6.45, 7) is 2.61. The summed E-state index contributed by atoms with van der Waals surface area (Å²) in [7, 11) is 0. The summed E-state index contributed by atoms with van der Waals surface area (Å²) >= 11 is 0. The standard InChI is InChI=1S/C14H17N5O3/c1-9-15-12-5-4-11(8-19(12)17-9)16-14(22)18-6-2-3-10(7-18)13(20)21/h4-5,8,10H,2-3,6-7H2,1H3,(H,16,22)(H,20,21). The first-order chi connectivity index (χ1) is 10.5. The zero-order valence-electron chi connectivity index (χ0n) is 12.2. The first-order valence-corrected chi connectivity index (χ1v) is 7.15. The van der Waals surface area contributed by atoms with E-state index in [2.05, 4.69) is 15.4 Å². The van der Waals surface area contributed by atoms with E-state index in [1.807, 2.05) is 0 Å². The van der Waals surface area contributed by atoms with Gasteiger partial charge in [0.15, 0.2) is 5.65 Å². The minimum absolute atomic E-state index is 0.242. The number of amides is 2. The van der Waals surface area contributed by atoms with Gasteiger partial charge in [-0.05, 0) is 31.9 Å². The van der Waals surface area contributed by atoms with Crippen LogP contribution in [0.15, 0.2) is 18.3 Å². The number of hydrogen-bond acceptors (Lipinski definition) is 4. The van der Waals surface area contributed by atoms with Gasteiger partial charge in [-0.2, -0.15) is 5.10 Å². The van der Waals surface area contributed by atoms with Gasteiger partial charge in [-0.1, -0.05) is 0 Å². The van der Waals surface area contributed by atoms with Gasteiger partial charge in [0.05, 0.1) is 17.8 Å². The molecule has 8 heteroatoms. The number of pyridine rings is 1. The Hall–Kier alpha value is -2.64. The van der Waals surface area contributed by atoms with E-state index in [0.29, 0.717) is 36.5 Å². The highest BCUT2D eigenvalue weighted by Gasteiger charge is 2.28. The van der Waals surface area contributed by atoms with Crippen molar-refractivity contribution in [1.82, 2.24) is 19.5 Å². The fourth-order valence-corrected chi connectivity index (χ4v) is 2.63. The molecular formula is C14H17N5O3. The number of anilines is 1. The maximum Gasteiger partial charge on any atom is 0.321 e. The van der Waals surface area contributed by atoms with Crippen molar-refractivity contribution in [3.8, 4) is 0 Å². The number of aromatic nitrogens is 3. The van der Waals surface area contributed by atoms with E-state index in [4.69, 9.17) is 5.11 Å². The van der Waals surface area contributed by atoms with Gasteiger partial charge in [0.1, 0.15) is 5.82 Å². The smallest absolute Gasteiger partial charge is 0.321 e. The van der Waals surface area contributed by atoms with Crippen molar-refractivity contribution >= 4 is 23.3 Å². The van der Waals surface area contributed by atoms with E-state index in [-0.39, 0.29) is 12.6 Å². The second-order valence-corrected chi connectivity index (χ2v) is 5.43. The first kappa shape index (κ1) is 14.3. The summed E-state index contributed by atoms with van der Waals surface area (Å²) in [5.74, 6) is -0.680. The topological polar surface area (TPSA) is 99.8 Å². The number of nitrogens with one attached hydrogen (secondary N) is 1. The average molecular weight is 303 g/mol. The third-order valence-corrected chi connectivity index (χ3v) is 3.75. The van der Waals surface area contributed by atoms with Gasteiger partial charge in [0.25, 0.3) is 0 Å². The van der Waals surface area contributed by atoms with Crippen molar-refractivity contribution < 1.29 is 14.7 Å². The van der Waals surface area contributed by atoms with Crippen LogP contribution < -0.4 is 5.32 Å². The SMILES string of the molecule is Cc1nc2ccc(NC(=O)N3CCCC(C(=O)O)C3)cn2n1.